The topological polar surface area (TPSA) is 23.8 Å². The molecule has 0 heterocycles. The summed E-state index contributed by atoms with van der Waals surface area (Å²) >= 11 is 0. The molecule has 0 aromatic heterocycles. The van der Waals surface area contributed by atoms with E-state index in [9.17, 15) is 0 Å². The van der Waals surface area contributed by atoms with Crippen LogP contribution in [0, 0.1) is 17.2 Å². The monoisotopic (exact) mass is 135 g/mol. The standard InChI is InChI=1S/C9H13N/c1-8(6-7-10)2-3-9-4-5-9/h6,9H,2-5H2,1H3. The zero-order valence-electron chi connectivity index (χ0n) is 6.43. The summed E-state index contributed by atoms with van der Waals surface area (Å²) in [5, 5.41) is 8.29. The molecule has 0 aliphatic heterocycles. The second kappa shape index (κ2) is 3.41. The van der Waals surface area contributed by atoms with Gasteiger partial charge in [-0.15, -0.1) is 0 Å². The van der Waals surface area contributed by atoms with Crippen molar-refractivity contribution in [2.24, 2.45) is 5.92 Å². The number of rotatable bonds is 3. The second-order valence-corrected chi connectivity index (χ2v) is 3.10. The fourth-order valence-electron chi connectivity index (χ4n) is 1.02. The quantitative estimate of drug-likeness (QED) is 0.546. The van der Waals surface area contributed by atoms with Crippen LogP contribution in [-0.2, 0) is 0 Å². The van der Waals surface area contributed by atoms with Gasteiger partial charge in [0.25, 0.3) is 0 Å². The molecular weight excluding hydrogens is 122 g/mol. The van der Waals surface area contributed by atoms with Gasteiger partial charge in [0.05, 0.1) is 6.07 Å². The smallest absolute Gasteiger partial charge is 0.0911 e. The molecule has 0 radical (unpaired) electrons. The lowest BCUT2D eigenvalue weighted by Gasteiger charge is -1.95. The Kier molecular flexibility index (Phi) is 2.50. The van der Waals surface area contributed by atoms with Gasteiger partial charge in [-0.3, -0.25) is 0 Å². The summed E-state index contributed by atoms with van der Waals surface area (Å²) in [5.41, 5.74) is 1.23. The van der Waals surface area contributed by atoms with Crippen molar-refractivity contribution in [3.63, 3.8) is 0 Å². The van der Waals surface area contributed by atoms with E-state index in [-0.39, 0.29) is 0 Å². The molecule has 1 nitrogen and oxygen atoms in total. The number of hydrogen-bond donors (Lipinski definition) is 0. The normalized spacial score (nSPS) is 18.6. The van der Waals surface area contributed by atoms with E-state index < -0.39 is 0 Å². The number of nitrogens with zero attached hydrogens (tertiary/aromatic N) is 1. The Bertz CT molecular complexity index is 170. The van der Waals surface area contributed by atoms with Gasteiger partial charge in [0.1, 0.15) is 0 Å². The molecule has 1 rings (SSSR count). The van der Waals surface area contributed by atoms with Crippen LogP contribution in [0.3, 0.4) is 0 Å². The molecule has 54 valence electrons. The Morgan fingerprint density at radius 1 is 1.70 bits per heavy atom. The van der Waals surface area contributed by atoms with Crippen molar-refractivity contribution in [1.82, 2.24) is 0 Å². The molecule has 0 atom stereocenters. The van der Waals surface area contributed by atoms with Gasteiger partial charge in [-0.1, -0.05) is 18.4 Å². The number of nitriles is 1. The van der Waals surface area contributed by atoms with Crippen LogP contribution in [0.5, 0.6) is 0 Å². The van der Waals surface area contributed by atoms with Crippen molar-refractivity contribution < 1.29 is 0 Å². The lowest BCUT2D eigenvalue weighted by atomic mass is 10.1. The van der Waals surface area contributed by atoms with E-state index in [2.05, 4.69) is 0 Å². The fourth-order valence-corrected chi connectivity index (χ4v) is 1.02. The average molecular weight is 135 g/mol. The van der Waals surface area contributed by atoms with Gasteiger partial charge in [-0.25, -0.2) is 0 Å². The molecule has 0 N–H and O–H groups in total. The van der Waals surface area contributed by atoms with E-state index in [0.29, 0.717) is 0 Å². The van der Waals surface area contributed by atoms with E-state index in [4.69, 9.17) is 5.26 Å². The second-order valence-electron chi connectivity index (χ2n) is 3.10. The van der Waals surface area contributed by atoms with Crippen molar-refractivity contribution >= 4 is 0 Å². The minimum absolute atomic E-state index is 0.988. The Hall–Kier alpha value is -0.770. The Morgan fingerprint density at radius 3 is 2.90 bits per heavy atom. The van der Waals surface area contributed by atoms with Crippen molar-refractivity contribution in [3.8, 4) is 6.07 Å². The van der Waals surface area contributed by atoms with Crippen molar-refractivity contribution in [3.05, 3.63) is 11.6 Å². The largest absolute Gasteiger partial charge is 0.193 e. The molecule has 0 bridgehead atoms. The fraction of sp³-hybridized carbons (Fsp3) is 0.667. The van der Waals surface area contributed by atoms with Gasteiger partial charge in [0.15, 0.2) is 0 Å². The maximum absolute atomic E-state index is 8.29. The number of allylic oxidation sites excluding steroid dienone is 2. The van der Waals surface area contributed by atoms with Crippen LogP contribution in [0.25, 0.3) is 0 Å². The maximum atomic E-state index is 8.29. The predicted octanol–water partition coefficient (Wildman–Crippen LogP) is 2.65. The minimum Gasteiger partial charge on any atom is -0.193 e. The van der Waals surface area contributed by atoms with E-state index in [0.717, 1.165) is 12.3 Å². The van der Waals surface area contributed by atoms with E-state index in [1.54, 1.807) is 6.08 Å². The van der Waals surface area contributed by atoms with Crippen LogP contribution in [0.15, 0.2) is 11.6 Å². The van der Waals surface area contributed by atoms with Crippen LogP contribution >= 0.6 is 0 Å². The van der Waals surface area contributed by atoms with Crippen LogP contribution < -0.4 is 0 Å². The van der Waals surface area contributed by atoms with E-state index >= 15 is 0 Å². The minimum atomic E-state index is 0.988. The first kappa shape index (κ1) is 7.34. The highest BCUT2D eigenvalue weighted by Crippen LogP contribution is 2.34. The Labute approximate surface area is 62.4 Å². The van der Waals surface area contributed by atoms with Crippen LogP contribution in [0.4, 0.5) is 0 Å². The molecular formula is C9H13N. The predicted molar refractivity (Wildman–Crippen MR) is 41.3 cm³/mol. The van der Waals surface area contributed by atoms with Crippen molar-refractivity contribution in [2.45, 2.75) is 32.6 Å². The van der Waals surface area contributed by atoms with Gasteiger partial charge in [-0.05, 0) is 25.7 Å². The lowest BCUT2D eigenvalue weighted by Crippen LogP contribution is -1.79. The maximum Gasteiger partial charge on any atom is 0.0911 e. The van der Waals surface area contributed by atoms with Crippen LogP contribution in [0.1, 0.15) is 32.6 Å². The first-order valence-electron chi connectivity index (χ1n) is 3.88. The van der Waals surface area contributed by atoms with Crippen molar-refractivity contribution in [2.75, 3.05) is 0 Å². The highest BCUT2D eigenvalue weighted by atomic mass is 14.3. The first-order valence-corrected chi connectivity index (χ1v) is 3.88. The molecule has 0 aromatic carbocycles. The summed E-state index contributed by atoms with van der Waals surface area (Å²) in [7, 11) is 0. The van der Waals surface area contributed by atoms with Gasteiger partial charge < -0.3 is 0 Å². The van der Waals surface area contributed by atoms with Gasteiger partial charge in [-0.2, -0.15) is 5.26 Å². The summed E-state index contributed by atoms with van der Waals surface area (Å²) in [5.74, 6) is 0.988. The van der Waals surface area contributed by atoms with Crippen LogP contribution in [0.2, 0.25) is 0 Å². The third-order valence-electron chi connectivity index (χ3n) is 1.95. The van der Waals surface area contributed by atoms with Gasteiger partial charge >= 0.3 is 0 Å². The summed E-state index contributed by atoms with van der Waals surface area (Å²) in [6.45, 7) is 2.03. The van der Waals surface area contributed by atoms with E-state index in [1.165, 1.54) is 24.8 Å². The molecule has 0 saturated heterocycles. The zero-order valence-corrected chi connectivity index (χ0v) is 6.43. The molecule has 10 heavy (non-hydrogen) atoms. The van der Waals surface area contributed by atoms with E-state index in [1.807, 2.05) is 13.0 Å². The molecule has 0 spiro atoms. The third-order valence-corrected chi connectivity index (χ3v) is 1.95. The average Bonchev–Trinajstić information content (AvgIpc) is 2.67. The molecule has 0 amide bonds. The molecule has 0 unspecified atom stereocenters. The molecule has 1 aliphatic carbocycles. The van der Waals surface area contributed by atoms with Crippen molar-refractivity contribution in [1.29, 1.82) is 5.26 Å². The van der Waals surface area contributed by atoms with Gasteiger partial charge in [0, 0.05) is 6.08 Å². The van der Waals surface area contributed by atoms with Gasteiger partial charge in [0.2, 0.25) is 0 Å². The Morgan fingerprint density at radius 2 is 2.40 bits per heavy atom. The lowest BCUT2D eigenvalue weighted by molar-refractivity contribution is 0.721. The molecule has 1 heteroatoms. The SMILES string of the molecule is CC(=CC#N)CCC1CC1. The van der Waals surface area contributed by atoms with Crippen LogP contribution in [-0.4, -0.2) is 0 Å². The first-order chi connectivity index (χ1) is 4.83. The molecule has 1 aliphatic rings. The summed E-state index contributed by atoms with van der Waals surface area (Å²) in [6.07, 6.45) is 6.91. The third kappa shape index (κ3) is 2.68. The Balaban J connectivity index is 2.11. The summed E-state index contributed by atoms with van der Waals surface area (Å²) in [6, 6.07) is 2.05. The molecule has 0 aromatic rings. The highest BCUT2D eigenvalue weighted by molar-refractivity contribution is 5.11. The highest BCUT2D eigenvalue weighted by Gasteiger charge is 2.20. The molecule has 1 fully saturated rings. The molecule has 1 saturated carbocycles. The summed E-state index contributed by atoms with van der Waals surface area (Å²) in [4.78, 5) is 0. The zero-order chi connectivity index (χ0) is 7.40. The summed E-state index contributed by atoms with van der Waals surface area (Å²) < 4.78 is 0. The number of hydrogen-bond acceptors (Lipinski definition) is 1.